The Hall–Kier alpha value is -2.01. The molecular weight excluding hydrogens is 272 g/mol. The van der Waals surface area contributed by atoms with Gasteiger partial charge in [-0.15, -0.1) is 0 Å². The molecule has 0 bridgehead atoms. The molecule has 2 rings (SSSR count). The molecule has 0 aliphatic rings. The van der Waals surface area contributed by atoms with Crippen molar-refractivity contribution in [3.05, 3.63) is 54.1 Å². The quantitative estimate of drug-likeness (QED) is 0.942. The SMILES string of the molecule is CNc1ccccc1S(=O)(=O)N(C)c1cccc(C)c1. The van der Waals surface area contributed by atoms with Crippen LogP contribution in [0.4, 0.5) is 11.4 Å². The second-order valence-electron chi connectivity index (χ2n) is 4.56. The van der Waals surface area contributed by atoms with E-state index in [2.05, 4.69) is 5.32 Å². The van der Waals surface area contributed by atoms with Crippen LogP contribution in [-0.2, 0) is 10.0 Å². The minimum Gasteiger partial charge on any atom is -0.387 e. The maximum absolute atomic E-state index is 12.7. The maximum Gasteiger partial charge on any atom is 0.266 e. The van der Waals surface area contributed by atoms with Crippen LogP contribution < -0.4 is 9.62 Å². The first kappa shape index (κ1) is 14.4. The molecular formula is C15H18N2O2S. The molecule has 0 fully saturated rings. The average molecular weight is 290 g/mol. The molecule has 20 heavy (non-hydrogen) atoms. The number of benzene rings is 2. The first-order valence-electron chi connectivity index (χ1n) is 6.29. The van der Waals surface area contributed by atoms with E-state index in [4.69, 9.17) is 0 Å². The molecule has 4 nitrogen and oxygen atoms in total. The fourth-order valence-electron chi connectivity index (χ4n) is 2.01. The Bertz CT molecular complexity index is 711. The lowest BCUT2D eigenvalue weighted by Crippen LogP contribution is -2.27. The van der Waals surface area contributed by atoms with Crippen molar-refractivity contribution in [2.45, 2.75) is 11.8 Å². The zero-order chi connectivity index (χ0) is 14.8. The van der Waals surface area contributed by atoms with Crippen LogP contribution in [-0.4, -0.2) is 22.5 Å². The smallest absolute Gasteiger partial charge is 0.266 e. The van der Waals surface area contributed by atoms with Gasteiger partial charge in [0.1, 0.15) is 4.90 Å². The number of nitrogens with one attached hydrogen (secondary N) is 1. The van der Waals surface area contributed by atoms with Gasteiger partial charge in [-0.05, 0) is 36.8 Å². The third-order valence-corrected chi connectivity index (χ3v) is 5.00. The summed E-state index contributed by atoms with van der Waals surface area (Å²) in [5.41, 5.74) is 2.26. The van der Waals surface area contributed by atoms with Crippen molar-refractivity contribution in [2.24, 2.45) is 0 Å². The van der Waals surface area contributed by atoms with E-state index in [0.717, 1.165) is 5.56 Å². The largest absolute Gasteiger partial charge is 0.387 e. The van der Waals surface area contributed by atoms with Gasteiger partial charge in [0.15, 0.2) is 0 Å². The van der Waals surface area contributed by atoms with Crippen molar-refractivity contribution in [1.82, 2.24) is 0 Å². The fourth-order valence-corrected chi connectivity index (χ4v) is 3.39. The van der Waals surface area contributed by atoms with Crippen LogP contribution >= 0.6 is 0 Å². The van der Waals surface area contributed by atoms with Crippen LogP contribution in [0, 0.1) is 6.92 Å². The number of nitrogens with zero attached hydrogens (tertiary/aromatic N) is 1. The molecule has 0 heterocycles. The van der Waals surface area contributed by atoms with Crippen LogP contribution in [0.25, 0.3) is 0 Å². The van der Waals surface area contributed by atoms with Gasteiger partial charge in [-0.25, -0.2) is 8.42 Å². The number of hydrogen-bond acceptors (Lipinski definition) is 3. The van der Waals surface area contributed by atoms with Gasteiger partial charge in [0.25, 0.3) is 10.0 Å². The van der Waals surface area contributed by atoms with E-state index in [9.17, 15) is 8.42 Å². The van der Waals surface area contributed by atoms with Crippen molar-refractivity contribution >= 4 is 21.4 Å². The molecule has 2 aromatic carbocycles. The van der Waals surface area contributed by atoms with E-state index in [1.54, 1.807) is 44.4 Å². The maximum atomic E-state index is 12.7. The molecule has 0 saturated heterocycles. The summed E-state index contributed by atoms with van der Waals surface area (Å²) in [5, 5.41) is 2.91. The van der Waals surface area contributed by atoms with Crippen LogP contribution in [0.5, 0.6) is 0 Å². The third-order valence-electron chi connectivity index (χ3n) is 3.16. The number of sulfonamides is 1. The molecule has 0 aliphatic heterocycles. The molecule has 0 aromatic heterocycles. The first-order chi connectivity index (χ1) is 9.46. The van der Waals surface area contributed by atoms with Crippen LogP contribution in [0.1, 0.15) is 5.56 Å². The van der Waals surface area contributed by atoms with Gasteiger partial charge < -0.3 is 5.32 Å². The summed E-state index contributed by atoms with van der Waals surface area (Å²) < 4.78 is 26.7. The van der Waals surface area contributed by atoms with Crippen LogP contribution in [0.2, 0.25) is 0 Å². The fraction of sp³-hybridized carbons (Fsp3) is 0.200. The van der Waals surface area contributed by atoms with Gasteiger partial charge in [-0.1, -0.05) is 24.3 Å². The molecule has 0 unspecified atom stereocenters. The van der Waals surface area contributed by atoms with Crippen molar-refractivity contribution in [2.75, 3.05) is 23.7 Å². The average Bonchev–Trinajstić information content (AvgIpc) is 2.46. The first-order valence-corrected chi connectivity index (χ1v) is 7.73. The molecule has 5 heteroatoms. The second-order valence-corrected chi connectivity index (χ2v) is 6.50. The highest BCUT2D eigenvalue weighted by molar-refractivity contribution is 7.93. The van der Waals surface area contributed by atoms with Crippen LogP contribution in [0.3, 0.4) is 0 Å². The lowest BCUT2D eigenvalue weighted by atomic mass is 10.2. The van der Waals surface area contributed by atoms with E-state index in [1.165, 1.54) is 4.31 Å². The minimum atomic E-state index is -3.58. The monoisotopic (exact) mass is 290 g/mol. The summed E-state index contributed by atoms with van der Waals surface area (Å²) in [6.07, 6.45) is 0. The number of anilines is 2. The highest BCUT2D eigenvalue weighted by atomic mass is 32.2. The number of rotatable bonds is 4. The highest BCUT2D eigenvalue weighted by Crippen LogP contribution is 2.27. The van der Waals surface area contributed by atoms with Gasteiger partial charge in [-0.3, -0.25) is 4.31 Å². The zero-order valence-electron chi connectivity index (χ0n) is 11.8. The normalized spacial score (nSPS) is 11.2. The Morgan fingerprint density at radius 1 is 1.05 bits per heavy atom. The van der Waals surface area contributed by atoms with E-state index in [0.29, 0.717) is 11.4 Å². The lowest BCUT2D eigenvalue weighted by Gasteiger charge is -2.21. The number of hydrogen-bond donors (Lipinski definition) is 1. The molecule has 0 radical (unpaired) electrons. The topological polar surface area (TPSA) is 49.4 Å². The Labute approximate surface area is 120 Å². The molecule has 1 N–H and O–H groups in total. The van der Waals surface area contributed by atoms with Crippen molar-refractivity contribution < 1.29 is 8.42 Å². The standard InChI is InChI=1S/C15H18N2O2S/c1-12-7-6-8-13(11-12)17(3)20(18,19)15-10-5-4-9-14(15)16-2/h4-11,16H,1-3H3. The van der Waals surface area contributed by atoms with Gasteiger partial charge >= 0.3 is 0 Å². The Balaban J connectivity index is 2.50. The predicted octanol–water partition coefficient (Wildman–Crippen LogP) is 2.86. The second kappa shape index (κ2) is 5.54. The number of para-hydroxylation sites is 1. The minimum absolute atomic E-state index is 0.270. The van der Waals surface area contributed by atoms with Crippen molar-refractivity contribution in [3.63, 3.8) is 0 Å². The van der Waals surface area contributed by atoms with Gasteiger partial charge in [0, 0.05) is 14.1 Å². The number of aryl methyl sites for hydroxylation is 1. The Morgan fingerprint density at radius 2 is 1.75 bits per heavy atom. The zero-order valence-corrected chi connectivity index (χ0v) is 12.6. The molecule has 106 valence electrons. The lowest BCUT2D eigenvalue weighted by molar-refractivity contribution is 0.594. The Morgan fingerprint density at radius 3 is 2.40 bits per heavy atom. The summed E-state index contributed by atoms with van der Waals surface area (Å²) in [4.78, 5) is 0.270. The van der Waals surface area contributed by atoms with Gasteiger partial charge in [0.05, 0.1) is 11.4 Å². The molecule has 0 spiro atoms. The molecule has 2 aromatic rings. The molecule has 0 aliphatic carbocycles. The summed E-state index contributed by atoms with van der Waals surface area (Å²) in [5.74, 6) is 0. The molecule has 0 saturated carbocycles. The summed E-state index contributed by atoms with van der Waals surface area (Å²) in [6.45, 7) is 1.94. The third kappa shape index (κ3) is 2.63. The van der Waals surface area contributed by atoms with E-state index >= 15 is 0 Å². The van der Waals surface area contributed by atoms with E-state index < -0.39 is 10.0 Å². The van der Waals surface area contributed by atoms with Crippen molar-refractivity contribution in [3.8, 4) is 0 Å². The van der Waals surface area contributed by atoms with E-state index in [1.807, 2.05) is 25.1 Å². The summed E-state index contributed by atoms with van der Waals surface area (Å²) in [7, 11) is -0.305. The van der Waals surface area contributed by atoms with Gasteiger partial charge in [-0.2, -0.15) is 0 Å². The summed E-state index contributed by atoms with van der Waals surface area (Å²) in [6, 6.07) is 14.3. The van der Waals surface area contributed by atoms with Gasteiger partial charge in [0.2, 0.25) is 0 Å². The molecule has 0 atom stereocenters. The van der Waals surface area contributed by atoms with Crippen LogP contribution in [0.15, 0.2) is 53.4 Å². The Kier molecular flexibility index (Phi) is 3.99. The summed E-state index contributed by atoms with van der Waals surface area (Å²) >= 11 is 0. The van der Waals surface area contributed by atoms with Crippen molar-refractivity contribution in [1.29, 1.82) is 0 Å². The molecule has 0 amide bonds. The van der Waals surface area contributed by atoms with E-state index in [-0.39, 0.29) is 4.90 Å². The highest BCUT2D eigenvalue weighted by Gasteiger charge is 2.23. The predicted molar refractivity (Wildman–Crippen MR) is 82.8 cm³/mol.